The van der Waals surface area contributed by atoms with Crippen molar-refractivity contribution in [3.8, 4) is 0 Å². The summed E-state index contributed by atoms with van der Waals surface area (Å²) in [6.45, 7) is 0. The fourth-order valence-electron chi connectivity index (χ4n) is 1.10. The Kier molecular flexibility index (Phi) is 5.35. The number of aromatic nitrogens is 1. The third-order valence-electron chi connectivity index (χ3n) is 1.77. The molecule has 2 rings (SSSR count). The Balaban J connectivity index is 0.00000112. The molecule has 3 nitrogen and oxygen atoms in total. The van der Waals surface area contributed by atoms with Crippen molar-refractivity contribution in [3.63, 3.8) is 0 Å². The second-order valence-electron chi connectivity index (χ2n) is 2.70. The maximum absolute atomic E-state index is 11.9. The fourth-order valence-corrected chi connectivity index (χ4v) is 3.52. The second kappa shape index (κ2) is 5.84. The molecule has 0 radical (unpaired) electrons. The number of rotatable bonds is 2. The molecular formula is C9H7KNO2PS. The summed E-state index contributed by atoms with van der Waals surface area (Å²) in [5.74, 6) is 0. The predicted octanol–water partition coefficient (Wildman–Crippen LogP) is -2.26. The Morgan fingerprint density at radius 3 is 2.47 bits per heavy atom. The van der Waals surface area contributed by atoms with Crippen LogP contribution in [0.4, 0.5) is 0 Å². The molecule has 0 fully saturated rings. The smallest absolute Gasteiger partial charge is 0.791 e. The van der Waals surface area contributed by atoms with Gasteiger partial charge in [0, 0.05) is 16.9 Å². The van der Waals surface area contributed by atoms with Gasteiger partial charge in [0.05, 0.1) is 0 Å². The van der Waals surface area contributed by atoms with Crippen LogP contribution in [0.5, 0.6) is 0 Å². The standard InChI is InChI=1S/C9H8NO2PS.K/c11-13(12,9-10-6-7-14-9)8-4-2-1-3-5-8;/h1-7H,(H,11,12);/q;+1/p-1. The van der Waals surface area contributed by atoms with E-state index in [2.05, 4.69) is 4.98 Å². The molecule has 0 amide bonds. The number of thiazole rings is 1. The zero-order valence-corrected chi connectivity index (χ0v) is 13.0. The van der Waals surface area contributed by atoms with Crippen LogP contribution in [-0.2, 0) is 4.57 Å². The Bertz CT molecular complexity index is 460. The van der Waals surface area contributed by atoms with Gasteiger partial charge in [-0.2, -0.15) is 0 Å². The van der Waals surface area contributed by atoms with E-state index in [9.17, 15) is 9.46 Å². The second-order valence-corrected chi connectivity index (χ2v) is 5.94. The van der Waals surface area contributed by atoms with Gasteiger partial charge < -0.3 is 9.46 Å². The summed E-state index contributed by atoms with van der Waals surface area (Å²) < 4.78 is 12.0. The molecule has 72 valence electrons. The fraction of sp³-hybridized carbons (Fsp3) is 0. The molecule has 1 heterocycles. The van der Waals surface area contributed by atoms with E-state index in [-0.39, 0.29) is 56.1 Å². The van der Waals surface area contributed by atoms with Crippen LogP contribution in [0.15, 0.2) is 41.9 Å². The van der Waals surface area contributed by atoms with Crippen molar-refractivity contribution in [3.05, 3.63) is 41.9 Å². The van der Waals surface area contributed by atoms with Gasteiger partial charge in [0.1, 0.15) is 12.1 Å². The normalized spacial score (nSPS) is 13.9. The maximum Gasteiger partial charge on any atom is 1.00 e. The van der Waals surface area contributed by atoms with Gasteiger partial charge in [-0.3, -0.25) is 0 Å². The van der Waals surface area contributed by atoms with E-state index in [1.165, 1.54) is 6.20 Å². The summed E-state index contributed by atoms with van der Waals surface area (Å²) in [4.78, 5) is 15.7. The first kappa shape index (κ1) is 13.7. The largest absolute Gasteiger partial charge is 1.00 e. The van der Waals surface area contributed by atoms with Gasteiger partial charge in [0.25, 0.3) is 0 Å². The Hall–Kier alpha value is 0.676. The number of nitrogens with zero attached hydrogens (tertiary/aromatic N) is 1. The molecule has 2 aromatic rings. The SMILES string of the molecule is O=P([O-])(c1ccccc1)c1nccs1.[K+]. The molecule has 0 aliphatic heterocycles. The average molecular weight is 263 g/mol. The molecule has 0 bridgehead atoms. The van der Waals surface area contributed by atoms with E-state index in [0.717, 1.165) is 11.3 Å². The van der Waals surface area contributed by atoms with Crippen molar-refractivity contribution >= 4 is 28.8 Å². The zero-order chi connectivity index (χ0) is 10.0. The molecule has 1 aromatic heterocycles. The Labute approximate surface area is 134 Å². The van der Waals surface area contributed by atoms with E-state index >= 15 is 0 Å². The van der Waals surface area contributed by atoms with Crippen molar-refractivity contribution in [1.29, 1.82) is 0 Å². The first-order chi connectivity index (χ1) is 6.71. The summed E-state index contributed by atoms with van der Waals surface area (Å²) in [5, 5.41) is 1.97. The van der Waals surface area contributed by atoms with E-state index in [4.69, 9.17) is 0 Å². The van der Waals surface area contributed by atoms with Crippen LogP contribution in [0.2, 0.25) is 0 Å². The number of hydrogen-bond acceptors (Lipinski definition) is 4. The first-order valence-electron chi connectivity index (χ1n) is 3.98. The van der Waals surface area contributed by atoms with Crippen molar-refractivity contribution in [2.75, 3.05) is 0 Å². The summed E-state index contributed by atoms with van der Waals surface area (Å²) in [7, 11) is -3.69. The first-order valence-corrected chi connectivity index (χ1v) is 6.48. The van der Waals surface area contributed by atoms with Crippen molar-refractivity contribution in [1.82, 2.24) is 4.98 Å². The van der Waals surface area contributed by atoms with Gasteiger partial charge >= 0.3 is 51.4 Å². The molecule has 0 N–H and O–H groups in total. The van der Waals surface area contributed by atoms with Crippen LogP contribution in [-0.4, -0.2) is 4.98 Å². The maximum atomic E-state index is 11.9. The minimum absolute atomic E-state index is 0. The number of benzene rings is 1. The van der Waals surface area contributed by atoms with Crippen LogP contribution < -0.4 is 66.3 Å². The van der Waals surface area contributed by atoms with Gasteiger partial charge in [0.15, 0.2) is 0 Å². The quantitative estimate of drug-likeness (QED) is 0.454. The molecule has 0 aliphatic carbocycles. The minimum Gasteiger partial charge on any atom is -0.791 e. The van der Waals surface area contributed by atoms with Gasteiger partial charge in [0.2, 0.25) is 0 Å². The van der Waals surface area contributed by atoms with Crippen molar-refractivity contribution in [2.24, 2.45) is 0 Å². The van der Waals surface area contributed by atoms with Crippen LogP contribution in [0.25, 0.3) is 0 Å². The Morgan fingerprint density at radius 2 is 1.93 bits per heavy atom. The van der Waals surface area contributed by atoms with Gasteiger partial charge in [-0.1, -0.05) is 30.3 Å². The third kappa shape index (κ3) is 3.08. The molecule has 0 saturated carbocycles. The van der Waals surface area contributed by atoms with Crippen LogP contribution in [0.3, 0.4) is 0 Å². The topological polar surface area (TPSA) is 53.0 Å². The zero-order valence-electron chi connectivity index (χ0n) is 8.16. The molecular weight excluding hydrogens is 256 g/mol. The van der Waals surface area contributed by atoms with E-state index in [1.807, 2.05) is 0 Å². The van der Waals surface area contributed by atoms with E-state index in [0.29, 0.717) is 5.30 Å². The molecule has 15 heavy (non-hydrogen) atoms. The van der Waals surface area contributed by atoms with Crippen molar-refractivity contribution in [2.45, 2.75) is 0 Å². The van der Waals surface area contributed by atoms with E-state index < -0.39 is 7.37 Å². The number of hydrogen-bond donors (Lipinski definition) is 0. The summed E-state index contributed by atoms with van der Waals surface area (Å²) >= 11 is 1.14. The summed E-state index contributed by atoms with van der Waals surface area (Å²) in [6, 6.07) is 8.34. The molecule has 6 heteroatoms. The Morgan fingerprint density at radius 1 is 1.27 bits per heavy atom. The van der Waals surface area contributed by atoms with Crippen LogP contribution >= 0.6 is 18.7 Å². The summed E-state index contributed by atoms with van der Waals surface area (Å²) in [6.07, 6.45) is 1.49. The van der Waals surface area contributed by atoms with E-state index in [1.54, 1.807) is 35.7 Å². The molecule has 1 unspecified atom stereocenters. The van der Waals surface area contributed by atoms with Gasteiger partial charge in [-0.25, -0.2) is 4.98 Å². The third-order valence-corrected chi connectivity index (χ3v) is 4.98. The van der Waals surface area contributed by atoms with Crippen LogP contribution in [0.1, 0.15) is 0 Å². The summed E-state index contributed by atoms with van der Waals surface area (Å²) in [5.41, 5.74) is 0. The monoisotopic (exact) mass is 263 g/mol. The van der Waals surface area contributed by atoms with Gasteiger partial charge in [-0.05, 0) is 0 Å². The molecule has 0 aliphatic rings. The molecule has 1 atom stereocenters. The van der Waals surface area contributed by atoms with Crippen molar-refractivity contribution < 1.29 is 60.8 Å². The molecule has 0 spiro atoms. The average Bonchev–Trinajstić information content (AvgIpc) is 2.72. The molecule has 0 saturated heterocycles. The molecule has 1 aromatic carbocycles. The van der Waals surface area contributed by atoms with Crippen LogP contribution in [0, 0.1) is 0 Å². The predicted molar refractivity (Wildman–Crippen MR) is 55.4 cm³/mol. The van der Waals surface area contributed by atoms with Gasteiger partial charge in [-0.15, -0.1) is 11.3 Å². The minimum atomic E-state index is -3.69.